The fourth-order valence-electron chi connectivity index (χ4n) is 3.02. The maximum Gasteiger partial charge on any atom is 0.0754 e. The van der Waals surface area contributed by atoms with E-state index in [-0.39, 0.29) is 0 Å². The Hall–Kier alpha value is -0.0800. The Morgan fingerprint density at radius 2 is 1.83 bits per heavy atom. The molecule has 18 heavy (non-hydrogen) atoms. The zero-order valence-electron chi connectivity index (χ0n) is 12.7. The van der Waals surface area contributed by atoms with Gasteiger partial charge in [-0.15, -0.1) is 0 Å². The molecule has 2 nitrogen and oxygen atoms in total. The van der Waals surface area contributed by atoms with Crippen molar-refractivity contribution in [2.75, 3.05) is 13.2 Å². The summed E-state index contributed by atoms with van der Waals surface area (Å²) in [7, 11) is 0. The standard InChI is InChI=1S/C16H33NO/c1-4-6-7-8-9-10-11-15(17-5-2)16-14(3)12-13-18-16/h14-17H,4-13H2,1-3H3. The van der Waals surface area contributed by atoms with Gasteiger partial charge in [0.1, 0.15) is 0 Å². The van der Waals surface area contributed by atoms with Crippen molar-refractivity contribution in [3.8, 4) is 0 Å². The van der Waals surface area contributed by atoms with Gasteiger partial charge < -0.3 is 10.1 Å². The molecule has 1 rings (SSSR count). The predicted molar refractivity (Wildman–Crippen MR) is 79.0 cm³/mol. The van der Waals surface area contributed by atoms with Crippen LogP contribution in [0.15, 0.2) is 0 Å². The Bertz CT molecular complexity index is 196. The number of hydrogen-bond donors (Lipinski definition) is 1. The van der Waals surface area contributed by atoms with Gasteiger partial charge in [-0.2, -0.15) is 0 Å². The van der Waals surface area contributed by atoms with E-state index in [1.54, 1.807) is 0 Å². The molecule has 1 N–H and O–H groups in total. The molecule has 0 bridgehead atoms. The van der Waals surface area contributed by atoms with Crippen molar-refractivity contribution in [2.45, 2.75) is 84.3 Å². The van der Waals surface area contributed by atoms with Crippen LogP contribution in [0.25, 0.3) is 0 Å². The Kier molecular flexibility index (Phi) is 8.70. The Balaban J connectivity index is 2.17. The summed E-state index contributed by atoms with van der Waals surface area (Å²) in [4.78, 5) is 0. The monoisotopic (exact) mass is 255 g/mol. The minimum absolute atomic E-state index is 0.459. The van der Waals surface area contributed by atoms with Crippen LogP contribution >= 0.6 is 0 Å². The van der Waals surface area contributed by atoms with Gasteiger partial charge in [-0.05, 0) is 25.3 Å². The van der Waals surface area contributed by atoms with E-state index >= 15 is 0 Å². The van der Waals surface area contributed by atoms with Crippen LogP contribution in [0.3, 0.4) is 0 Å². The van der Waals surface area contributed by atoms with Crippen molar-refractivity contribution in [3.63, 3.8) is 0 Å². The summed E-state index contributed by atoms with van der Waals surface area (Å²) >= 11 is 0. The molecule has 1 saturated heterocycles. The highest BCUT2D eigenvalue weighted by Gasteiger charge is 2.30. The molecule has 1 aliphatic heterocycles. The number of hydrogen-bond acceptors (Lipinski definition) is 2. The third kappa shape index (κ3) is 5.71. The van der Waals surface area contributed by atoms with Crippen molar-refractivity contribution in [2.24, 2.45) is 5.92 Å². The largest absolute Gasteiger partial charge is 0.376 e. The maximum atomic E-state index is 5.91. The summed E-state index contributed by atoms with van der Waals surface area (Å²) in [5.41, 5.74) is 0. The van der Waals surface area contributed by atoms with Crippen LogP contribution in [0.4, 0.5) is 0 Å². The van der Waals surface area contributed by atoms with Crippen LogP contribution in [0.5, 0.6) is 0 Å². The lowest BCUT2D eigenvalue weighted by Crippen LogP contribution is -2.42. The summed E-state index contributed by atoms with van der Waals surface area (Å²) in [6, 6.07) is 0.582. The summed E-state index contributed by atoms with van der Waals surface area (Å²) < 4.78 is 5.91. The number of likely N-dealkylation sites (N-methyl/N-ethyl adjacent to an activating group) is 1. The van der Waals surface area contributed by atoms with Crippen LogP contribution in [0.2, 0.25) is 0 Å². The zero-order chi connectivity index (χ0) is 13.2. The number of ether oxygens (including phenoxy) is 1. The fraction of sp³-hybridized carbons (Fsp3) is 1.00. The van der Waals surface area contributed by atoms with Crippen molar-refractivity contribution < 1.29 is 4.74 Å². The average Bonchev–Trinajstić information content (AvgIpc) is 2.78. The molecule has 0 radical (unpaired) electrons. The van der Waals surface area contributed by atoms with E-state index < -0.39 is 0 Å². The first kappa shape index (κ1) is 16.0. The maximum absolute atomic E-state index is 5.91. The molecule has 0 saturated carbocycles. The van der Waals surface area contributed by atoms with Gasteiger partial charge >= 0.3 is 0 Å². The number of nitrogens with one attached hydrogen (secondary N) is 1. The second-order valence-corrected chi connectivity index (χ2v) is 5.82. The van der Waals surface area contributed by atoms with Crippen LogP contribution in [-0.4, -0.2) is 25.3 Å². The van der Waals surface area contributed by atoms with Crippen LogP contribution in [0.1, 0.15) is 72.1 Å². The van der Waals surface area contributed by atoms with Gasteiger partial charge in [0.2, 0.25) is 0 Å². The molecule has 108 valence electrons. The molecule has 0 spiro atoms. The van der Waals surface area contributed by atoms with E-state index in [9.17, 15) is 0 Å². The lowest BCUT2D eigenvalue weighted by atomic mass is 9.93. The molecule has 0 amide bonds. The zero-order valence-corrected chi connectivity index (χ0v) is 12.7. The van der Waals surface area contributed by atoms with Gasteiger partial charge in [0.25, 0.3) is 0 Å². The minimum atomic E-state index is 0.459. The molecule has 1 aliphatic rings. The van der Waals surface area contributed by atoms with E-state index in [2.05, 4.69) is 26.1 Å². The molecule has 1 heterocycles. The van der Waals surface area contributed by atoms with E-state index in [1.165, 1.54) is 51.4 Å². The number of unbranched alkanes of at least 4 members (excludes halogenated alkanes) is 5. The lowest BCUT2D eigenvalue weighted by molar-refractivity contribution is 0.0579. The van der Waals surface area contributed by atoms with Gasteiger partial charge in [0.05, 0.1) is 6.10 Å². The van der Waals surface area contributed by atoms with Crippen molar-refractivity contribution >= 4 is 0 Å². The first-order valence-electron chi connectivity index (χ1n) is 8.14. The van der Waals surface area contributed by atoms with Crippen molar-refractivity contribution in [1.29, 1.82) is 0 Å². The molecule has 0 aromatic carbocycles. The molecule has 0 aromatic heterocycles. The number of rotatable bonds is 10. The molecular formula is C16H33NO. The Labute approximate surface area is 114 Å². The van der Waals surface area contributed by atoms with Gasteiger partial charge in [0, 0.05) is 12.6 Å². The smallest absolute Gasteiger partial charge is 0.0754 e. The predicted octanol–water partition coefficient (Wildman–Crippen LogP) is 4.14. The SMILES string of the molecule is CCCCCCCCC(NCC)C1OCCC1C. The molecule has 0 aromatic rings. The third-order valence-corrected chi connectivity index (χ3v) is 4.18. The summed E-state index contributed by atoms with van der Waals surface area (Å²) in [6.45, 7) is 8.84. The minimum Gasteiger partial charge on any atom is -0.376 e. The van der Waals surface area contributed by atoms with Gasteiger partial charge in [-0.3, -0.25) is 0 Å². The van der Waals surface area contributed by atoms with E-state index in [4.69, 9.17) is 4.74 Å². The van der Waals surface area contributed by atoms with E-state index in [1.807, 2.05) is 0 Å². The van der Waals surface area contributed by atoms with Crippen molar-refractivity contribution in [3.05, 3.63) is 0 Å². The molecular weight excluding hydrogens is 222 g/mol. The molecule has 2 heteroatoms. The molecule has 1 fully saturated rings. The van der Waals surface area contributed by atoms with Crippen molar-refractivity contribution in [1.82, 2.24) is 5.32 Å². The third-order valence-electron chi connectivity index (χ3n) is 4.18. The lowest BCUT2D eigenvalue weighted by Gasteiger charge is -2.27. The second-order valence-electron chi connectivity index (χ2n) is 5.82. The summed E-state index contributed by atoms with van der Waals surface area (Å²) in [5, 5.41) is 3.63. The summed E-state index contributed by atoms with van der Waals surface area (Å²) in [6.07, 6.45) is 11.3. The fourth-order valence-corrected chi connectivity index (χ4v) is 3.02. The Morgan fingerprint density at radius 1 is 1.11 bits per heavy atom. The first-order valence-corrected chi connectivity index (χ1v) is 8.14. The van der Waals surface area contributed by atoms with Crippen LogP contribution < -0.4 is 5.32 Å². The topological polar surface area (TPSA) is 21.3 Å². The van der Waals surface area contributed by atoms with Crippen LogP contribution in [0, 0.1) is 5.92 Å². The van der Waals surface area contributed by atoms with Gasteiger partial charge in [0.15, 0.2) is 0 Å². The van der Waals surface area contributed by atoms with Crippen LogP contribution in [-0.2, 0) is 4.74 Å². The first-order chi connectivity index (χ1) is 8.79. The summed E-state index contributed by atoms with van der Waals surface area (Å²) in [5.74, 6) is 0.731. The Morgan fingerprint density at radius 3 is 2.44 bits per heavy atom. The quantitative estimate of drug-likeness (QED) is 0.592. The molecule has 3 atom stereocenters. The highest BCUT2D eigenvalue weighted by Crippen LogP contribution is 2.25. The van der Waals surface area contributed by atoms with Gasteiger partial charge in [-0.25, -0.2) is 0 Å². The van der Waals surface area contributed by atoms with E-state index in [0.29, 0.717) is 12.1 Å². The second kappa shape index (κ2) is 9.80. The molecule has 3 unspecified atom stereocenters. The molecule has 0 aliphatic carbocycles. The van der Waals surface area contributed by atoms with Gasteiger partial charge in [-0.1, -0.05) is 59.3 Å². The highest BCUT2D eigenvalue weighted by molar-refractivity contribution is 4.84. The normalized spacial score (nSPS) is 25.5. The average molecular weight is 255 g/mol. The van der Waals surface area contributed by atoms with E-state index in [0.717, 1.165) is 19.1 Å². The highest BCUT2D eigenvalue weighted by atomic mass is 16.5.